The van der Waals surface area contributed by atoms with E-state index in [4.69, 9.17) is 14.3 Å². The molecule has 1 unspecified atom stereocenters. The highest BCUT2D eigenvalue weighted by Gasteiger charge is 2.14. The van der Waals surface area contributed by atoms with Crippen LogP contribution in [0.1, 0.15) is 30.9 Å². The van der Waals surface area contributed by atoms with Crippen molar-refractivity contribution >= 4 is 11.7 Å². The summed E-state index contributed by atoms with van der Waals surface area (Å²) in [4.78, 5) is 16.9. The fourth-order valence-electron chi connectivity index (χ4n) is 2.36. The van der Waals surface area contributed by atoms with Crippen molar-refractivity contribution in [3.05, 3.63) is 65.7 Å². The van der Waals surface area contributed by atoms with Gasteiger partial charge in [-0.3, -0.25) is 4.79 Å². The lowest BCUT2D eigenvalue weighted by atomic mass is 10.0. The van der Waals surface area contributed by atoms with Crippen LogP contribution in [0, 0.1) is 11.3 Å². The molecule has 0 aliphatic heterocycles. The Bertz CT molecular complexity index is 795. The van der Waals surface area contributed by atoms with E-state index in [2.05, 4.69) is 5.16 Å². The van der Waals surface area contributed by atoms with Crippen molar-refractivity contribution in [2.45, 2.75) is 25.9 Å². The number of nitriles is 1. The zero-order chi connectivity index (χ0) is 19.5. The largest absolute Gasteiger partial charge is 0.497 e. The van der Waals surface area contributed by atoms with E-state index in [1.807, 2.05) is 60.7 Å². The van der Waals surface area contributed by atoms with E-state index in [9.17, 15) is 10.1 Å². The Morgan fingerprint density at radius 3 is 2.37 bits per heavy atom. The molecule has 6 heteroatoms. The van der Waals surface area contributed by atoms with E-state index in [0.717, 1.165) is 16.9 Å². The number of nitrogens with zero attached hydrogens (tertiary/aromatic N) is 2. The second kappa shape index (κ2) is 10.6. The molecule has 0 heterocycles. The van der Waals surface area contributed by atoms with Crippen LogP contribution in [0.4, 0.5) is 0 Å². The van der Waals surface area contributed by atoms with E-state index in [0.29, 0.717) is 12.3 Å². The van der Waals surface area contributed by atoms with Crippen molar-refractivity contribution in [3.63, 3.8) is 0 Å². The van der Waals surface area contributed by atoms with Crippen molar-refractivity contribution < 1.29 is 19.1 Å². The van der Waals surface area contributed by atoms with Gasteiger partial charge in [-0.1, -0.05) is 35.5 Å². The van der Waals surface area contributed by atoms with Gasteiger partial charge >= 0.3 is 5.97 Å². The molecule has 0 aliphatic carbocycles. The highest BCUT2D eigenvalue weighted by atomic mass is 16.6. The Kier molecular flexibility index (Phi) is 7.86. The molecular formula is C21H22N2O4. The normalized spacial score (nSPS) is 12.0. The zero-order valence-corrected chi connectivity index (χ0v) is 15.4. The molecule has 2 aromatic carbocycles. The summed E-state index contributed by atoms with van der Waals surface area (Å²) < 4.78 is 10.1. The Balaban J connectivity index is 2.19. The monoisotopic (exact) mass is 366 g/mol. The lowest BCUT2D eigenvalue weighted by Gasteiger charge is -2.11. The van der Waals surface area contributed by atoms with Crippen LogP contribution >= 0.6 is 0 Å². The van der Waals surface area contributed by atoms with Crippen LogP contribution in [0.25, 0.3) is 0 Å². The highest BCUT2D eigenvalue weighted by molar-refractivity contribution is 6.12. The lowest BCUT2D eigenvalue weighted by Crippen LogP contribution is -2.14. The molecule has 0 fully saturated rings. The van der Waals surface area contributed by atoms with Gasteiger partial charge in [-0.15, -0.1) is 0 Å². The first-order valence-corrected chi connectivity index (χ1v) is 8.66. The van der Waals surface area contributed by atoms with Crippen LogP contribution in [0.15, 0.2) is 59.8 Å². The second-order valence-corrected chi connectivity index (χ2v) is 5.60. The summed E-state index contributed by atoms with van der Waals surface area (Å²) in [6, 6.07) is 18.9. The summed E-state index contributed by atoms with van der Waals surface area (Å²) in [6.07, 6.45) is -0.528. The molecule has 2 rings (SSSR count). The number of carbonyl (C=O) groups excluding carboxylic acids is 1. The number of hydrogen-bond acceptors (Lipinski definition) is 6. The Hall–Kier alpha value is -3.33. The van der Waals surface area contributed by atoms with E-state index in [1.54, 1.807) is 14.0 Å². The maximum absolute atomic E-state index is 11.5. The molecule has 27 heavy (non-hydrogen) atoms. The minimum absolute atomic E-state index is 0.102. The van der Waals surface area contributed by atoms with E-state index in [1.165, 1.54) is 0 Å². The van der Waals surface area contributed by atoms with E-state index < -0.39 is 6.10 Å². The molecule has 140 valence electrons. The van der Waals surface area contributed by atoms with Gasteiger partial charge in [0.05, 0.1) is 20.1 Å². The molecule has 0 spiro atoms. The van der Waals surface area contributed by atoms with Gasteiger partial charge in [0.25, 0.3) is 0 Å². The standard InChI is InChI=1S/C21H22N2O4/c1-3-26-20(24)14-13-19(15-22)27-23-21(16-7-5-4-6-8-16)17-9-11-18(25-2)12-10-17/h4-12,19H,3,13-14H2,1-2H3. The summed E-state index contributed by atoms with van der Waals surface area (Å²) in [5, 5.41) is 13.5. The Morgan fingerprint density at radius 2 is 1.78 bits per heavy atom. The third-order valence-electron chi connectivity index (χ3n) is 3.74. The fraction of sp³-hybridized carbons (Fsp3) is 0.286. The van der Waals surface area contributed by atoms with Crippen LogP contribution in [0.5, 0.6) is 5.75 Å². The van der Waals surface area contributed by atoms with Gasteiger partial charge in [0, 0.05) is 17.5 Å². The van der Waals surface area contributed by atoms with Crippen LogP contribution in [0.3, 0.4) is 0 Å². The lowest BCUT2D eigenvalue weighted by molar-refractivity contribution is -0.143. The number of methoxy groups -OCH3 is 1. The van der Waals surface area contributed by atoms with Crippen molar-refractivity contribution in [3.8, 4) is 11.8 Å². The Morgan fingerprint density at radius 1 is 1.11 bits per heavy atom. The van der Waals surface area contributed by atoms with Gasteiger partial charge in [-0.05, 0) is 31.2 Å². The van der Waals surface area contributed by atoms with E-state index >= 15 is 0 Å². The van der Waals surface area contributed by atoms with Gasteiger partial charge in [0.15, 0.2) is 0 Å². The average molecular weight is 366 g/mol. The molecule has 0 saturated carbocycles. The second-order valence-electron chi connectivity index (χ2n) is 5.60. The molecule has 0 aliphatic rings. The van der Waals surface area contributed by atoms with Crippen LogP contribution in [0.2, 0.25) is 0 Å². The van der Waals surface area contributed by atoms with Gasteiger partial charge in [-0.25, -0.2) is 0 Å². The van der Waals surface area contributed by atoms with Gasteiger partial charge in [0.2, 0.25) is 6.10 Å². The van der Waals surface area contributed by atoms with Crippen LogP contribution in [-0.2, 0) is 14.4 Å². The third-order valence-corrected chi connectivity index (χ3v) is 3.74. The SMILES string of the molecule is CCOC(=O)CCC(C#N)ON=C(c1ccccc1)c1ccc(OC)cc1. The maximum Gasteiger partial charge on any atom is 0.305 e. The number of esters is 1. The number of oxime groups is 1. The molecule has 0 radical (unpaired) electrons. The van der Waals surface area contributed by atoms with Gasteiger partial charge in [0.1, 0.15) is 17.5 Å². The number of carbonyl (C=O) groups is 1. The minimum atomic E-state index is -0.841. The summed E-state index contributed by atoms with van der Waals surface area (Å²) >= 11 is 0. The first-order chi connectivity index (χ1) is 13.2. The number of ether oxygens (including phenoxy) is 2. The van der Waals surface area contributed by atoms with Crippen molar-refractivity contribution in [1.82, 2.24) is 0 Å². The fourth-order valence-corrected chi connectivity index (χ4v) is 2.36. The number of rotatable bonds is 9. The van der Waals surface area contributed by atoms with Gasteiger partial charge in [-0.2, -0.15) is 5.26 Å². The average Bonchev–Trinajstić information content (AvgIpc) is 2.72. The highest BCUT2D eigenvalue weighted by Crippen LogP contribution is 2.17. The molecule has 0 bridgehead atoms. The first-order valence-electron chi connectivity index (χ1n) is 8.66. The molecular weight excluding hydrogens is 344 g/mol. The molecule has 0 amide bonds. The third kappa shape index (κ3) is 6.15. The molecule has 1 atom stereocenters. The summed E-state index contributed by atoms with van der Waals surface area (Å²) in [6.45, 7) is 2.05. The molecule has 0 saturated heterocycles. The smallest absolute Gasteiger partial charge is 0.305 e. The van der Waals surface area contributed by atoms with Crippen LogP contribution < -0.4 is 4.74 Å². The van der Waals surface area contributed by atoms with Crippen molar-refractivity contribution in [2.75, 3.05) is 13.7 Å². The molecule has 6 nitrogen and oxygen atoms in total. The Labute approximate surface area is 159 Å². The van der Waals surface area contributed by atoms with Gasteiger partial charge < -0.3 is 14.3 Å². The van der Waals surface area contributed by atoms with E-state index in [-0.39, 0.29) is 18.8 Å². The molecule has 0 aromatic heterocycles. The summed E-state index contributed by atoms with van der Waals surface area (Å²) in [5.74, 6) is 0.375. The summed E-state index contributed by atoms with van der Waals surface area (Å²) in [5.41, 5.74) is 2.27. The molecule has 0 N–H and O–H groups in total. The first kappa shape index (κ1) is 20.0. The molecule has 2 aromatic rings. The zero-order valence-electron chi connectivity index (χ0n) is 15.4. The quantitative estimate of drug-likeness (QED) is 0.384. The minimum Gasteiger partial charge on any atom is -0.497 e. The van der Waals surface area contributed by atoms with Crippen molar-refractivity contribution in [1.29, 1.82) is 5.26 Å². The predicted molar refractivity (Wildman–Crippen MR) is 101 cm³/mol. The summed E-state index contributed by atoms with van der Waals surface area (Å²) in [7, 11) is 1.60. The number of benzene rings is 2. The van der Waals surface area contributed by atoms with Crippen molar-refractivity contribution in [2.24, 2.45) is 5.16 Å². The van der Waals surface area contributed by atoms with Crippen LogP contribution in [-0.4, -0.2) is 31.5 Å². The topological polar surface area (TPSA) is 80.9 Å². The maximum atomic E-state index is 11.5. The predicted octanol–water partition coefficient (Wildman–Crippen LogP) is 3.70. The number of hydrogen-bond donors (Lipinski definition) is 0.